The summed E-state index contributed by atoms with van der Waals surface area (Å²) in [5.74, 6) is -3.07. The molecule has 1 aliphatic carbocycles. The zero-order valence-corrected chi connectivity index (χ0v) is 38.0. The molecule has 8 N–H and O–H groups in total. The monoisotopic (exact) mass is 918 g/mol. The Morgan fingerprint density at radius 3 is 1.56 bits per heavy atom. The Labute approximate surface area is 375 Å². The quantitative estimate of drug-likeness (QED) is 0.0400. The van der Waals surface area contributed by atoms with Gasteiger partial charge in [-0.05, 0) is 57.1 Å². The summed E-state index contributed by atoms with van der Waals surface area (Å²) in [5.41, 5.74) is 0. The Morgan fingerprint density at radius 1 is 0.540 bits per heavy atom. The summed E-state index contributed by atoms with van der Waals surface area (Å²) in [4.78, 5) is 94.9. The van der Waals surface area contributed by atoms with E-state index in [-0.39, 0.29) is 132 Å². The zero-order valence-electron chi connectivity index (χ0n) is 37.1. The molecule has 0 heterocycles. The van der Waals surface area contributed by atoms with Crippen LogP contribution in [0.2, 0.25) is 0 Å². The van der Waals surface area contributed by atoms with Gasteiger partial charge in [0.05, 0.1) is 45.4 Å². The lowest BCUT2D eigenvalue weighted by Crippen LogP contribution is -2.45. The van der Waals surface area contributed by atoms with Gasteiger partial charge in [0.25, 0.3) is 0 Å². The van der Waals surface area contributed by atoms with Crippen molar-refractivity contribution in [3.8, 4) is 0 Å². The Kier molecular flexibility index (Phi) is 34.7. The summed E-state index contributed by atoms with van der Waals surface area (Å²) in [6.45, 7) is 2.54. The molecule has 63 heavy (non-hydrogen) atoms. The Morgan fingerprint density at radius 2 is 1.02 bits per heavy atom. The molecular formula is C42H74N6O14S. The topological polar surface area (TPSA) is 286 Å². The minimum absolute atomic E-state index is 0.0266. The first-order chi connectivity index (χ1) is 30.4. The summed E-state index contributed by atoms with van der Waals surface area (Å²) in [5, 5.41) is 34.5. The van der Waals surface area contributed by atoms with Gasteiger partial charge in [-0.15, -0.1) is 0 Å². The molecule has 0 aliphatic heterocycles. The number of nitrogens with one attached hydrogen (secondary N) is 6. The van der Waals surface area contributed by atoms with Gasteiger partial charge in [-0.2, -0.15) is 11.8 Å². The van der Waals surface area contributed by atoms with Crippen molar-refractivity contribution in [1.29, 1.82) is 0 Å². The largest absolute Gasteiger partial charge is 0.481 e. The van der Waals surface area contributed by atoms with Crippen LogP contribution in [0.3, 0.4) is 0 Å². The number of ether oxygens (including phenoxy) is 4. The number of carboxylic acid groups (broad SMARTS) is 2. The van der Waals surface area contributed by atoms with Crippen LogP contribution in [0.5, 0.6) is 0 Å². The number of aliphatic carboxylic acids is 2. The number of hydrogen-bond donors (Lipinski definition) is 8. The maximum Gasteiger partial charge on any atom is 0.326 e. The molecule has 0 aromatic carbocycles. The molecule has 20 nitrogen and oxygen atoms in total. The minimum atomic E-state index is -1.21. The molecule has 6 amide bonds. The molecule has 0 aromatic rings. The molecule has 0 radical (unpaired) electrons. The van der Waals surface area contributed by atoms with E-state index in [4.69, 9.17) is 24.1 Å². The first-order valence-corrected chi connectivity index (χ1v) is 23.7. The average molecular weight is 919 g/mol. The second kappa shape index (κ2) is 38.4. The van der Waals surface area contributed by atoms with E-state index in [1.165, 1.54) is 11.8 Å². The predicted molar refractivity (Wildman–Crippen MR) is 235 cm³/mol. The molecule has 0 unspecified atom stereocenters. The van der Waals surface area contributed by atoms with Crippen LogP contribution in [-0.4, -0.2) is 161 Å². The highest BCUT2D eigenvalue weighted by Crippen LogP contribution is 2.29. The molecule has 1 saturated carbocycles. The van der Waals surface area contributed by atoms with Crippen LogP contribution in [0, 0.1) is 11.8 Å². The predicted octanol–water partition coefficient (Wildman–Crippen LogP) is 1.14. The highest BCUT2D eigenvalue weighted by Gasteiger charge is 2.30. The van der Waals surface area contributed by atoms with Crippen molar-refractivity contribution in [2.75, 3.05) is 97.6 Å². The highest BCUT2D eigenvalue weighted by atomic mass is 32.2. The third kappa shape index (κ3) is 34.1. The lowest BCUT2D eigenvalue weighted by Gasteiger charge is -2.28. The third-order valence-electron chi connectivity index (χ3n) is 10.0. The number of rotatable bonds is 40. The molecule has 1 rings (SSSR count). The normalized spacial score (nSPS) is 15.1. The van der Waals surface area contributed by atoms with Gasteiger partial charge in [0.15, 0.2) is 0 Å². The number of amides is 6. The van der Waals surface area contributed by atoms with Crippen molar-refractivity contribution in [3.05, 3.63) is 0 Å². The summed E-state index contributed by atoms with van der Waals surface area (Å²) in [6.07, 6.45) is 12.8. The smallest absolute Gasteiger partial charge is 0.326 e. The van der Waals surface area contributed by atoms with Crippen LogP contribution in [-0.2, 0) is 57.3 Å². The molecule has 0 spiro atoms. The van der Waals surface area contributed by atoms with Crippen LogP contribution in [0.4, 0.5) is 0 Å². The van der Waals surface area contributed by atoms with Crippen LogP contribution < -0.4 is 31.9 Å². The van der Waals surface area contributed by atoms with Crippen LogP contribution in [0.15, 0.2) is 0 Å². The van der Waals surface area contributed by atoms with E-state index in [0.29, 0.717) is 44.6 Å². The maximum absolute atomic E-state index is 12.9. The van der Waals surface area contributed by atoms with Crippen molar-refractivity contribution in [2.45, 2.75) is 109 Å². The summed E-state index contributed by atoms with van der Waals surface area (Å²) < 4.78 is 21.3. The first kappa shape index (κ1) is 57.0. The number of carbonyl (C=O) groups is 8. The number of hydrogen-bond acceptors (Lipinski definition) is 13. The lowest BCUT2D eigenvalue weighted by atomic mass is 9.81. The summed E-state index contributed by atoms with van der Waals surface area (Å²) in [7, 11) is 0. The molecule has 21 heteroatoms. The van der Waals surface area contributed by atoms with Gasteiger partial charge < -0.3 is 61.1 Å². The van der Waals surface area contributed by atoms with E-state index >= 15 is 0 Å². The van der Waals surface area contributed by atoms with Gasteiger partial charge >= 0.3 is 11.9 Å². The van der Waals surface area contributed by atoms with Crippen molar-refractivity contribution < 1.29 is 67.5 Å². The van der Waals surface area contributed by atoms with Gasteiger partial charge in [-0.1, -0.05) is 38.5 Å². The highest BCUT2D eigenvalue weighted by molar-refractivity contribution is 7.99. The Bertz CT molecular complexity index is 1340. The molecule has 1 aliphatic rings. The van der Waals surface area contributed by atoms with Crippen LogP contribution >= 0.6 is 11.8 Å². The number of carboxylic acids is 2. The zero-order chi connectivity index (χ0) is 46.3. The van der Waals surface area contributed by atoms with Gasteiger partial charge in [-0.3, -0.25) is 33.6 Å². The SMILES string of the molecule is CSCC(=O)NCCNC(=O)COCCOCCNC(=O)COCCOCCNC(=O)CC[C@H](NC(=O)[C@H]1CC[C@@H](CNC(=O)CCCCCCCCCCC(=O)O)CC1)C(=O)O. The van der Waals surface area contributed by atoms with E-state index in [9.17, 15) is 43.5 Å². The van der Waals surface area contributed by atoms with Crippen molar-refractivity contribution in [1.82, 2.24) is 31.9 Å². The van der Waals surface area contributed by atoms with Gasteiger partial charge in [0.2, 0.25) is 35.4 Å². The number of thioether (sulfide) groups is 1. The van der Waals surface area contributed by atoms with Crippen molar-refractivity contribution in [3.63, 3.8) is 0 Å². The van der Waals surface area contributed by atoms with E-state index in [2.05, 4.69) is 31.9 Å². The minimum Gasteiger partial charge on any atom is -0.481 e. The van der Waals surface area contributed by atoms with Gasteiger partial charge in [0.1, 0.15) is 19.3 Å². The fourth-order valence-corrected chi connectivity index (χ4v) is 6.86. The van der Waals surface area contributed by atoms with Gasteiger partial charge in [0, 0.05) is 57.9 Å². The fraction of sp³-hybridized carbons (Fsp3) is 0.810. The molecule has 0 bridgehead atoms. The Balaban J connectivity index is 2.01. The van der Waals surface area contributed by atoms with Crippen LogP contribution in [0.1, 0.15) is 103 Å². The summed E-state index contributed by atoms with van der Waals surface area (Å²) >= 11 is 1.42. The van der Waals surface area contributed by atoms with E-state index in [0.717, 1.165) is 64.2 Å². The van der Waals surface area contributed by atoms with Gasteiger partial charge in [-0.25, -0.2) is 4.79 Å². The number of carbonyl (C=O) groups excluding carboxylic acids is 6. The number of unbranched alkanes of at least 4 members (excludes halogenated alkanes) is 7. The van der Waals surface area contributed by atoms with Crippen molar-refractivity contribution >= 4 is 59.1 Å². The van der Waals surface area contributed by atoms with E-state index < -0.39 is 18.0 Å². The second-order valence-corrected chi connectivity index (χ2v) is 16.2. The van der Waals surface area contributed by atoms with Crippen LogP contribution in [0.25, 0.3) is 0 Å². The standard InChI is InChI=1S/C42H74N6O14S/c1-63-31-39(53)44-19-18-43-37(51)29-61-26-25-60-23-21-46-38(52)30-62-27-24-59-22-20-45-36(50)17-16-34(42(57)58)48-41(56)33-14-12-32(13-15-33)28-47-35(49)10-8-6-4-2-3-5-7-9-11-40(54)55/h32-34H,2-31H2,1H3,(H,43,51)(H,44,53)(H,45,50)(H,46,52)(H,47,49)(H,48,56)(H,54,55)(H,57,58)/t32-,33+,34-/m0/s1. The molecule has 0 aromatic heterocycles. The molecule has 0 saturated heterocycles. The van der Waals surface area contributed by atoms with E-state index in [1.54, 1.807) is 0 Å². The lowest BCUT2D eigenvalue weighted by molar-refractivity contribution is -0.143. The third-order valence-corrected chi connectivity index (χ3v) is 10.6. The first-order valence-electron chi connectivity index (χ1n) is 22.3. The summed E-state index contributed by atoms with van der Waals surface area (Å²) in [6, 6.07) is -1.20. The fourth-order valence-electron chi connectivity index (χ4n) is 6.49. The Hall–Kier alpha value is -4.05. The van der Waals surface area contributed by atoms with Crippen molar-refractivity contribution in [2.24, 2.45) is 11.8 Å². The molecule has 1 atom stereocenters. The average Bonchev–Trinajstić information content (AvgIpc) is 3.25. The maximum atomic E-state index is 12.9. The second-order valence-electron chi connectivity index (χ2n) is 15.3. The molecule has 1 fully saturated rings. The van der Waals surface area contributed by atoms with E-state index in [1.807, 2.05) is 6.26 Å². The molecule has 362 valence electrons. The molecular weight excluding hydrogens is 845 g/mol.